The minimum Gasteiger partial charge on any atom is -0.324 e. The number of thiophene rings is 1. The standard InChI is InChI=1S/C28H23FN8OS/c29-22-7-6-21(39-22)19-8-9-31-26-23(19)34-27(35-26)24-20-11-17(13-32-25(20)37-36-24)16-10-18(14-30-12-16)33-28(38)15-4-2-1-3-5-15/h6-15H,1-5H2,(H,33,38)(H,31,34,35)(H,32,36,37). The lowest BCUT2D eigenvalue weighted by Gasteiger charge is -2.20. The van der Waals surface area contributed by atoms with Gasteiger partial charge in [-0.25, -0.2) is 15.0 Å². The van der Waals surface area contributed by atoms with Gasteiger partial charge in [-0.05, 0) is 43.2 Å². The van der Waals surface area contributed by atoms with Crippen LogP contribution in [0.1, 0.15) is 32.1 Å². The summed E-state index contributed by atoms with van der Waals surface area (Å²) in [6, 6.07) is 8.89. The molecule has 0 spiro atoms. The molecule has 6 aromatic heterocycles. The van der Waals surface area contributed by atoms with Crippen molar-refractivity contribution in [3.8, 4) is 33.1 Å². The number of hydrogen-bond acceptors (Lipinski definition) is 7. The first-order chi connectivity index (χ1) is 19.1. The molecular weight excluding hydrogens is 515 g/mol. The van der Waals surface area contributed by atoms with Crippen LogP contribution < -0.4 is 5.32 Å². The summed E-state index contributed by atoms with van der Waals surface area (Å²) < 4.78 is 13.7. The van der Waals surface area contributed by atoms with E-state index in [1.807, 2.05) is 18.2 Å². The molecule has 39 heavy (non-hydrogen) atoms. The molecule has 9 nitrogen and oxygen atoms in total. The molecule has 0 bridgehead atoms. The second-order valence-electron chi connectivity index (χ2n) is 9.72. The molecule has 0 unspecified atom stereocenters. The van der Waals surface area contributed by atoms with Crippen molar-refractivity contribution in [2.24, 2.45) is 5.92 Å². The van der Waals surface area contributed by atoms with E-state index in [1.165, 1.54) is 12.5 Å². The van der Waals surface area contributed by atoms with E-state index >= 15 is 0 Å². The number of carbonyl (C=O) groups excluding carboxylic acids is 1. The van der Waals surface area contributed by atoms with Crippen molar-refractivity contribution >= 4 is 45.1 Å². The third-order valence-electron chi connectivity index (χ3n) is 7.18. The molecule has 0 aliphatic heterocycles. The highest BCUT2D eigenvalue weighted by Crippen LogP contribution is 2.34. The summed E-state index contributed by atoms with van der Waals surface area (Å²) in [5, 5.41) is 11.0. The zero-order chi connectivity index (χ0) is 26.3. The fraction of sp³-hybridized carbons (Fsp3) is 0.214. The number of nitrogens with zero attached hydrogens (tertiary/aromatic N) is 5. The highest BCUT2D eigenvalue weighted by molar-refractivity contribution is 7.14. The van der Waals surface area contributed by atoms with E-state index in [0.29, 0.717) is 34.0 Å². The van der Waals surface area contributed by atoms with Gasteiger partial charge in [-0.15, -0.1) is 11.3 Å². The predicted molar refractivity (Wildman–Crippen MR) is 148 cm³/mol. The zero-order valence-corrected chi connectivity index (χ0v) is 21.6. The Morgan fingerprint density at radius 1 is 1.00 bits per heavy atom. The summed E-state index contributed by atoms with van der Waals surface area (Å²) in [5.41, 5.74) is 5.54. The van der Waals surface area contributed by atoms with Gasteiger partial charge in [0.2, 0.25) is 5.91 Å². The van der Waals surface area contributed by atoms with E-state index in [-0.39, 0.29) is 17.0 Å². The first-order valence-electron chi connectivity index (χ1n) is 12.8. The van der Waals surface area contributed by atoms with Crippen molar-refractivity contribution in [2.45, 2.75) is 32.1 Å². The summed E-state index contributed by atoms with van der Waals surface area (Å²) in [6.07, 6.45) is 12.1. The quantitative estimate of drug-likeness (QED) is 0.235. The summed E-state index contributed by atoms with van der Waals surface area (Å²) in [5.74, 6) is 0.646. The monoisotopic (exact) mass is 538 g/mol. The van der Waals surface area contributed by atoms with Crippen molar-refractivity contribution in [1.82, 2.24) is 35.1 Å². The Kier molecular flexibility index (Phi) is 5.85. The number of nitrogens with one attached hydrogen (secondary N) is 3. The second kappa shape index (κ2) is 9.66. The van der Waals surface area contributed by atoms with Gasteiger partial charge in [0.1, 0.15) is 11.2 Å². The number of rotatable bonds is 5. The minimum absolute atomic E-state index is 0.0579. The number of carbonyl (C=O) groups is 1. The van der Waals surface area contributed by atoms with E-state index in [9.17, 15) is 9.18 Å². The number of halogens is 1. The van der Waals surface area contributed by atoms with Crippen molar-refractivity contribution in [3.63, 3.8) is 0 Å². The molecule has 1 aliphatic rings. The molecule has 0 atom stereocenters. The number of H-pyrrole nitrogens is 2. The fourth-order valence-electron chi connectivity index (χ4n) is 5.20. The van der Waals surface area contributed by atoms with Crippen LogP contribution in [0, 0.1) is 11.0 Å². The molecule has 0 aromatic carbocycles. The molecule has 1 aliphatic carbocycles. The Morgan fingerprint density at radius 2 is 1.87 bits per heavy atom. The van der Waals surface area contributed by atoms with Crippen molar-refractivity contribution < 1.29 is 9.18 Å². The van der Waals surface area contributed by atoms with Crippen LogP contribution in [0.4, 0.5) is 10.1 Å². The van der Waals surface area contributed by atoms with E-state index in [4.69, 9.17) is 4.98 Å². The Hall–Kier alpha value is -4.51. The topological polar surface area (TPSA) is 125 Å². The molecule has 6 aromatic rings. The molecule has 7 rings (SSSR count). The molecule has 1 saturated carbocycles. The van der Waals surface area contributed by atoms with Crippen LogP contribution in [0.15, 0.2) is 55.1 Å². The Labute approximate surface area is 226 Å². The van der Waals surface area contributed by atoms with Crippen LogP contribution >= 0.6 is 11.3 Å². The average molecular weight is 539 g/mol. The Morgan fingerprint density at radius 3 is 2.72 bits per heavy atom. The smallest absolute Gasteiger partial charge is 0.227 e. The predicted octanol–water partition coefficient (Wildman–Crippen LogP) is 6.34. The molecule has 1 amide bonds. The van der Waals surface area contributed by atoms with Gasteiger partial charge in [-0.1, -0.05) is 19.3 Å². The molecule has 1 fully saturated rings. The largest absolute Gasteiger partial charge is 0.324 e. The van der Waals surface area contributed by atoms with Crippen molar-refractivity contribution in [1.29, 1.82) is 0 Å². The molecule has 194 valence electrons. The molecular formula is C28H23FN8OS. The highest BCUT2D eigenvalue weighted by atomic mass is 32.1. The number of hydrogen-bond donors (Lipinski definition) is 3. The summed E-state index contributed by atoms with van der Waals surface area (Å²) >= 11 is 1.06. The van der Waals surface area contributed by atoms with Crippen LogP contribution in [0.5, 0.6) is 0 Å². The summed E-state index contributed by atoms with van der Waals surface area (Å²) in [4.78, 5) is 34.9. The van der Waals surface area contributed by atoms with Crippen LogP contribution in [0.3, 0.4) is 0 Å². The van der Waals surface area contributed by atoms with Gasteiger partial charge in [-0.2, -0.15) is 9.49 Å². The first-order valence-corrected chi connectivity index (χ1v) is 13.7. The van der Waals surface area contributed by atoms with Crippen LogP contribution in [0.25, 0.3) is 55.3 Å². The minimum atomic E-state index is -0.255. The van der Waals surface area contributed by atoms with E-state index in [2.05, 4.69) is 35.5 Å². The fourth-order valence-corrected chi connectivity index (χ4v) is 5.95. The number of amides is 1. The van der Waals surface area contributed by atoms with E-state index in [1.54, 1.807) is 30.9 Å². The second-order valence-corrected chi connectivity index (χ2v) is 10.8. The third-order valence-corrected chi connectivity index (χ3v) is 8.09. The van der Waals surface area contributed by atoms with Crippen molar-refractivity contribution in [2.75, 3.05) is 5.32 Å². The number of pyridine rings is 3. The van der Waals surface area contributed by atoms with E-state index in [0.717, 1.165) is 64.0 Å². The summed E-state index contributed by atoms with van der Waals surface area (Å²) in [7, 11) is 0. The van der Waals surface area contributed by atoms with Gasteiger partial charge in [0.25, 0.3) is 0 Å². The SMILES string of the molecule is O=C(Nc1cncc(-c2cnc3[nH]nc(-c4nc5c(-c6ccc(F)s6)ccnc5[nH]4)c3c2)c1)C1CCCCC1. The summed E-state index contributed by atoms with van der Waals surface area (Å²) in [6.45, 7) is 0. The average Bonchev–Trinajstić information content (AvgIpc) is 3.71. The Bertz CT molecular complexity index is 1830. The number of fused-ring (bicyclic) bond motifs is 2. The van der Waals surface area contributed by atoms with Crippen LogP contribution in [-0.2, 0) is 4.79 Å². The van der Waals surface area contributed by atoms with Crippen LogP contribution in [0.2, 0.25) is 0 Å². The zero-order valence-electron chi connectivity index (χ0n) is 20.7. The van der Waals surface area contributed by atoms with Gasteiger partial charge >= 0.3 is 0 Å². The van der Waals surface area contributed by atoms with Gasteiger partial charge in [0.15, 0.2) is 22.2 Å². The van der Waals surface area contributed by atoms with Gasteiger partial charge in [-0.3, -0.25) is 14.9 Å². The maximum atomic E-state index is 13.7. The lowest BCUT2D eigenvalue weighted by Crippen LogP contribution is -2.24. The number of aromatic nitrogens is 7. The number of imidazole rings is 1. The van der Waals surface area contributed by atoms with E-state index < -0.39 is 0 Å². The lowest BCUT2D eigenvalue weighted by atomic mass is 9.88. The maximum Gasteiger partial charge on any atom is 0.227 e. The third kappa shape index (κ3) is 4.44. The van der Waals surface area contributed by atoms with Gasteiger partial charge in [0.05, 0.1) is 17.3 Å². The van der Waals surface area contributed by atoms with Crippen molar-refractivity contribution in [3.05, 3.63) is 60.3 Å². The highest BCUT2D eigenvalue weighted by Gasteiger charge is 2.22. The molecule has 11 heteroatoms. The number of aromatic amines is 2. The molecule has 0 saturated heterocycles. The number of anilines is 1. The van der Waals surface area contributed by atoms with Gasteiger partial charge in [0, 0.05) is 46.1 Å². The lowest BCUT2D eigenvalue weighted by molar-refractivity contribution is -0.120. The van der Waals surface area contributed by atoms with Crippen LogP contribution in [-0.4, -0.2) is 41.0 Å². The molecule has 6 heterocycles. The normalized spacial score (nSPS) is 14.3. The molecule has 0 radical (unpaired) electrons. The molecule has 3 N–H and O–H groups in total. The first kappa shape index (κ1) is 23.6. The maximum absolute atomic E-state index is 13.7. The Balaban J connectivity index is 1.22. The van der Waals surface area contributed by atoms with Gasteiger partial charge < -0.3 is 10.3 Å².